The minimum Gasteiger partial charge on any atom is -0.385 e. The van der Waals surface area contributed by atoms with Crippen molar-refractivity contribution in [2.75, 3.05) is 31.6 Å². The van der Waals surface area contributed by atoms with Crippen molar-refractivity contribution in [1.29, 1.82) is 0 Å². The first kappa shape index (κ1) is 13.4. The van der Waals surface area contributed by atoms with E-state index in [1.54, 1.807) is 0 Å². The van der Waals surface area contributed by atoms with E-state index >= 15 is 0 Å². The van der Waals surface area contributed by atoms with Gasteiger partial charge in [0.1, 0.15) is 0 Å². The van der Waals surface area contributed by atoms with E-state index in [4.69, 9.17) is 4.74 Å². The first-order chi connectivity index (χ1) is 8.81. The number of aryl methyl sites for hydroxylation is 2. The van der Waals surface area contributed by atoms with Crippen LogP contribution in [0.2, 0.25) is 0 Å². The summed E-state index contributed by atoms with van der Waals surface area (Å²) in [6, 6.07) is 7.01. The van der Waals surface area contributed by atoms with Gasteiger partial charge >= 0.3 is 0 Å². The largest absolute Gasteiger partial charge is 0.385 e. The van der Waals surface area contributed by atoms with Crippen LogP contribution in [-0.2, 0) is 11.2 Å². The Kier molecular flexibility index (Phi) is 5.02. The molecule has 1 aliphatic rings. The fraction of sp³-hybridized carbons (Fsp3) is 0.600. The highest BCUT2D eigenvalue weighted by Crippen LogP contribution is 2.21. The van der Waals surface area contributed by atoms with E-state index < -0.39 is 0 Å². The number of ether oxygens (including phenoxy) is 1. The molecule has 1 saturated heterocycles. The number of para-hydroxylation sites is 1. The number of hydrogen-bond donors (Lipinski definition) is 2. The second-order valence-electron chi connectivity index (χ2n) is 4.90. The van der Waals surface area contributed by atoms with Crippen LogP contribution in [0, 0.1) is 6.92 Å². The number of anilines is 1. The maximum absolute atomic E-state index is 5.46. The molecule has 1 fully saturated rings. The topological polar surface area (TPSA) is 33.3 Å². The lowest BCUT2D eigenvalue weighted by molar-refractivity contribution is 0.0753. The molecule has 1 atom stereocenters. The zero-order chi connectivity index (χ0) is 12.8. The Balaban J connectivity index is 1.85. The van der Waals surface area contributed by atoms with Crippen LogP contribution in [0.4, 0.5) is 5.69 Å². The molecule has 18 heavy (non-hydrogen) atoms. The molecular formula is C15H24N2O. The monoisotopic (exact) mass is 248 g/mol. The van der Waals surface area contributed by atoms with Crippen molar-refractivity contribution in [3.8, 4) is 0 Å². The molecule has 1 aromatic rings. The maximum atomic E-state index is 5.46. The van der Waals surface area contributed by atoms with Crippen molar-refractivity contribution in [1.82, 2.24) is 5.32 Å². The number of nitrogens with one attached hydrogen (secondary N) is 2. The second-order valence-corrected chi connectivity index (χ2v) is 4.90. The van der Waals surface area contributed by atoms with Gasteiger partial charge < -0.3 is 15.4 Å². The molecule has 2 N–H and O–H groups in total. The summed E-state index contributed by atoms with van der Waals surface area (Å²) in [4.78, 5) is 0. The van der Waals surface area contributed by atoms with E-state index in [1.807, 2.05) is 0 Å². The minimum absolute atomic E-state index is 0.500. The second kappa shape index (κ2) is 6.76. The van der Waals surface area contributed by atoms with E-state index in [-0.39, 0.29) is 0 Å². The Bertz CT molecular complexity index is 373. The average Bonchev–Trinajstić information content (AvgIpc) is 2.41. The number of morpholine rings is 1. The fourth-order valence-electron chi connectivity index (χ4n) is 2.45. The van der Waals surface area contributed by atoms with Crippen molar-refractivity contribution in [3.63, 3.8) is 0 Å². The number of benzene rings is 1. The molecule has 1 aliphatic heterocycles. The molecule has 0 amide bonds. The Morgan fingerprint density at radius 3 is 3.06 bits per heavy atom. The summed E-state index contributed by atoms with van der Waals surface area (Å²) in [5.41, 5.74) is 4.06. The molecular weight excluding hydrogens is 224 g/mol. The smallest absolute Gasteiger partial charge is 0.0620 e. The van der Waals surface area contributed by atoms with Gasteiger partial charge in [0.05, 0.1) is 13.2 Å². The van der Waals surface area contributed by atoms with Crippen LogP contribution in [0.1, 0.15) is 24.5 Å². The van der Waals surface area contributed by atoms with Crippen LogP contribution in [-0.4, -0.2) is 32.3 Å². The highest BCUT2D eigenvalue weighted by atomic mass is 16.5. The van der Waals surface area contributed by atoms with Gasteiger partial charge in [-0.15, -0.1) is 0 Å². The molecule has 0 saturated carbocycles. The highest BCUT2D eigenvalue weighted by Gasteiger charge is 2.12. The van der Waals surface area contributed by atoms with Gasteiger partial charge in [0.2, 0.25) is 0 Å². The van der Waals surface area contributed by atoms with Crippen LogP contribution in [0.15, 0.2) is 18.2 Å². The van der Waals surface area contributed by atoms with Gasteiger partial charge in [-0.2, -0.15) is 0 Å². The first-order valence-corrected chi connectivity index (χ1v) is 6.94. The molecule has 3 nitrogen and oxygen atoms in total. The van der Waals surface area contributed by atoms with E-state index in [9.17, 15) is 0 Å². The van der Waals surface area contributed by atoms with E-state index in [0.29, 0.717) is 6.04 Å². The van der Waals surface area contributed by atoms with Crippen LogP contribution < -0.4 is 10.6 Å². The Hall–Kier alpha value is -1.06. The van der Waals surface area contributed by atoms with Gasteiger partial charge in [-0.3, -0.25) is 0 Å². The maximum Gasteiger partial charge on any atom is 0.0620 e. The quantitative estimate of drug-likeness (QED) is 0.839. The Morgan fingerprint density at radius 1 is 1.44 bits per heavy atom. The Morgan fingerprint density at radius 2 is 2.33 bits per heavy atom. The van der Waals surface area contributed by atoms with Gasteiger partial charge in [0, 0.05) is 24.8 Å². The molecule has 2 rings (SSSR count). The molecule has 100 valence electrons. The average molecular weight is 248 g/mol. The normalized spacial score (nSPS) is 19.8. The third-order valence-corrected chi connectivity index (χ3v) is 3.53. The lowest BCUT2D eigenvalue weighted by Gasteiger charge is -2.24. The zero-order valence-electron chi connectivity index (χ0n) is 11.5. The van der Waals surface area contributed by atoms with Gasteiger partial charge in [-0.25, -0.2) is 0 Å². The van der Waals surface area contributed by atoms with Crippen LogP contribution in [0.3, 0.4) is 0 Å². The summed E-state index contributed by atoms with van der Waals surface area (Å²) in [6.45, 7) is 8.05. The summed E-state index contributed by atoms with van der Waals surface area (Å²) in [5.74, 6) is 0. The van der Waals surface area contributed by atoms with Crippen molar-refractivity contribution in [2.24, 2.45) is 0 Å². The molecule has 0 aliphatic carbocycles. The first-order valence-electron chi connectivity index (χ1n) is 6.94. The summed E-state index contributed by atoms with van der Waals surface area (Å²) in [5, 5.41) is 7.07. The predicted molar refractivity (Wildman–Crippen MR) is 76.3 cm³/mol. The third kappa shape index (κ3) is 3.47. The lowest BCUT2D eigenvalue weighted by atomic mass is 10.1. The predicted octanol–water partition coefficient (Wildman–Crippen LogP) is 2.35. The summed E-state index contributed by atoms with van der Waals surface area (Å²) < 4.78 is 5.46. The third-order valence-electron chi connectivity index (χ3n) is 3.53. The van der Waals surface area contributed by atoms with Gasteiger partial charge in [-0.05, 0) is 30.9 Å². The van der Waals surface area contributed by atoms with Crippen molar-refractivity contribution < 1.29 is 4.74 Å². The van der Waals surface area contributed by atoms with Gasteiger partial charge in [0.15, 0.2) is 0 Å². The number of hydrogen-bond acceptors (Lipinski definition) is 3. The van der Waals surface area contributed by atoms with Gasteiger partial charge in [-0.1, -0.05) is 25.1 Å². The minimum atomic E-state index is 0.500. The molecule has 0 aromatic heterocycles. The van der Waals surface area contributed by atoms with Crippen molar-refractivity contribution in [2.45, 2.75) is 32.7 Å². The standard InChI is InChI=1S/C15H24N2O/c1-3-13-6-4-5-12(2)15(13)17-8-7-14-11-18-10-9-16-14/h4-6,14,16-17H,3,7-11H2,1-2H3. The zero-order valence-corrected chi connectivity index (χ0v) is 11.5. The lowest BCUT2D eigenvalue weighted by Crippen LogP contribution is -2.42. The summed E-state index contributed by atoms with van der Waals surface area (Å²) >= 11 is 0. The van der Waals surface area contributed by atoms with Crippen molar-refractivity contribution >= 4 is 5.69 Å². The van der Waals surface area contributed by atoms with E-state index in [0.717, 1.165) is 39.1 Å². The van der Waals surface area contributed by atoms with Crippen molar-refractivity contribution in [3.05, 3.63) is 29.3 Å². The molecule has 1 unspecified atom stereocenters. The van der Waals surface area contributed by atoms with Crippen LogP contribution in [0.5, 0.6) is 0 Å². The summed E-state index contributed by atoms with van der Waals surface area (Å²) in [7, 11) is 0. The summed E-state index contributed by atoms with van der Waals surface area (Å²) in [6.07, 6.45) is 2.19. The molecule has 0 spiro atoms. The van der Waals surface area contributed by atoms with E-state index in [1.165, 1.54) is 16.8 Å². The number of rotatable bonds is 5. The SMILES string of the molecule is CCc1cccc(C)c1NCCC1COCCN1. The molecule has 1 heterocycles. The Labute approximate surface area is 110 Å². The molecule has 3 heteroatoms. The molecule has 0 radical (unpaired) electrons. The van der Waals surface area contributed by atoms with Gasteiger partial charge in [0.25, 0.3) is 0 Å². The molecule has 1 aromatic carbocycles. The molecule has 0 bridgehead atoms. The van der Waals surface area contributed by atoms with Crippen LogP contribution >= 0.6 is 0 Å². The van der Waals surface area contributed by atoms with Crippen LogP contribution in [0.25, 0.3) is 0 Å². The van der Waals surface area contributed by atoms with E-state index in [2.05, 4.69) is 42.7 Å². The highest BCUT2D eigenvalue weighted by molar-refractivity contribution is 5.57. The fourth-order valence-corrected chi connectivity index (χ4v) is 2.45.